The molecule has 1 aliphatic heterocycles. The third-order valence-electron chi connectivity index (χ3n) is 8.72. The molecule has 0 saturated carbocycles. The van der Waals surface area contributed by atoms with Crippen molar-refractivity contribution in [1.82, 2.24) is 15.6 Å². The first kappa shape index (κ1) is 35.2. The van der Waals surface area contributed by atoms with Gasteiger partial charge in [-0.25, -0.2) is 0 Å². The standard InChI is InChI=1S/C41H39N5O6/c1-24-35(40(47)43-38-26(3)45-51-33(38)22-16-28-12-18-31(49-5)19-13-28)37(30-10-8-7-9-11-30)36(25(2)42-24)41(48)44-39-27(4)46-52-34(39)23-17-29-14-20-32(50-6)21-15-29/h7-23,37,42H,1-6H3,(H,43,47)(H,44,48)/b22-16+,23-17+. The molecular formula is C41H39N5O6. The summed E-state index contributed by atoms with van der Waals surface area (Å²) in [5.41, 5.74) is 6.39. The molecule has 0 unspecified atom stereocenters. The predicted octanol–water partition coefficient (Wildman–Crippen LogP) is 8.15. The highest BCUT2D eigenvalue weighted by molar-refractivity contribution is 6.12. The van der Waals surface area contributed by atoms with Gasteiger partial charge in [-0.05, 0) is 80.8 Å². The zero-order valence-corrected chi connectivity index (χ0v) is 29.7. The van der Waals surface area contributed by atoms with Gasteiger partial charge in [-0.3, -0.25) is 9.59 Å². The van der Waals surface area contributed by atoms with E-state index in [9.17, 15) is 9.59 Å². The van der Waals surface area contributed by atoms with Crippen molar-refractivity contribution in [3.8, 4) is 11.5 Å². The van der Waals surface area contributed by atoms with E-state index in [1.165, 1.54) is 0 Å². The molecule has 3 N–H and O–H groups in total. The lowest BCUT2D eigenvalue weighted by Crippen LogP contribution is -2.35. The number of nitrogens with zero attached hydrogens (tertiary/aromatic N) is 2. The number of rotatable bonds is 11. The SMILES string of the molecule is COc1ccc(/C=C/c2onc(C)c2NC(=O)C2=C(C)NC(C)=C(C(=O)Nc3c(C)noc3/C=C/c3ccc(OC)cc3)C2c2ccccc2)cc1. The molecule has 3 heterocycles. The molecule has 264 valence electrons. The summed E-state index contributed by atoms with van der Waals surface area (Å²) in [5, 5.41) is 17.6. The number of carbonyl (C=O) groups is 2. The van der Waals surface area contributed by atoms with E-state index in [-0.39, 0.29) is 0 Å². The van der Waals surface area contributed by atoms with Crippen molar-refractivity contribution < 1.29 is 28.1 Å². The maximum atomic E-state index is 14.4. The minimum absolute atomic E-state index is 0.370. The van der Waals surface area contributed by atoms with Crippen LogP contribution in [0.1, 0.15) is 59.4 Å². The van der Waals surface area contributed by atoms with Crippen molar-refractivity contribution in [2.45, 2.75) is 33.6 Å². The fourth-order valence-corrected chi connectivity index (χ4v) is 6.02. The molecular weight excluding hydrogens is 658 g/mol. The maximum absolute atomic E-state index is 14.4. The number of allylic oxidation sites excluding steroid dienone is 2. The summed E-state index contributed by atoms with van der Waals surface area (Å²) in [7, 11) is 3.23. The lowest BCUT2D eigenvalue weighted by Gasteiger charge is -2.31. The topological polar surface area (TPSA) is 141 Å². The number of nitrogens with one attached hydrogen (secondary N) is 3. The van der Waals surface area contributed by atoms with Crippen molar-refractivity contribution in [2.24, 2.45) is 0 Å². The van der Waals surface area contributed by atoms with Crippen LogP contribution in [0, 0.1) is 13.8 Å². The number of amides is 2. The summed E-state index contributed by atoms with van der Waals surface area (Å²) in [6.07, 6.45) is 7.21. The van der Waals surface area contributed by atoms with Gasteiger partial charge in [0.05, 0.1) is 14.2 Å². The predicted molar refractivity (Wildman–Crippen MR) is 201 cm³/mol. The zero-order valence-electron chi connectivity index (χ0n) is 29.7. The first-order valence-electron chi connectivity index (χ1n) is 16.6. The van der Waals surface area contributed by atoms with Gasteiger partial charge in [0, 0.05) is 28.5 Å². The van der Waals surface area contributed by atoms with Gasteiger partial charge in [-0.15, -0.1) is 0 Å². The first-order valence-corrected chi connectivity index (χ1v) is 16.6. The van der Waals surface area contributed by atoms with E-state index in [4.69, 9.17) is 18.5 Å². The van der Waals surface area contributed by atoms with E-state index in [1.54, 1.807) is 40.2 Å². The Bertz CT molecular complexity index is 2070. The Hall–Kier alpha value is -6.62. The number of aromatic nitrogens is 2. The van der Waals surface area contributed by atoms with E-state index in [0.717, 1.165) is 28.2 Å². The molecule has 2 amide bonds. The third-order valence-corrected chi connectivity index (χ3v) is 8.72. The molecule has 5 aromatic rings. The van der Waals surface area contributed by atoms with Crippen LogP contribution in [0.25, 0.3) is 24.3 Å². The fraction of sp³-hybridized carbons (Fsp3) is 0.171. The zero-order chi connectivity index (χ0) is 36.8. The summed E-state index contributed by atoms with van der Waals surface area (Å²) in [5.74, 6) is 0.700. The van der Waals surface area contributed by atoms with E-state index in [0.29, 0.717) is 56.8 Å². The molecule has 0 fully saturated rings. The molecule has 0 spiro atoms. The van der Waals surface area contributed by atoms with Crippen molar-refractivity contribution in [3.05, 3.63) is 141 Å². The maximum Gasteiger partial charge on any atom is 0.254 e. The number of anilines is 2. The minimum Gasteiger partial charge on any atom is -0.497 e. The van der Waals surface area contributed by atoms with Crippen LogP contribution < -0.4 is 25.4 Å². The molecule has 11 nitrogen and oxygen atoms in total. The average molecular weight is 698 g/mol. The Balaban J connectivity index is 1.29. The molecule has 2 aromatic heterocycles. The van der Waals surface area contributed by atoms with Crippen LogP contribution in [0.3, 0.4) is 0 Å². The monoisotopic (exact) mass is 697 g/mol. The first-order chi connectivity index (χ1) is 25.2. The number of hydrogen-bond donors (Lipinski definition) is 3. The number of aryl methyl sites for hydroxylation is 2. The molecule has 52 heavy (non-hydrogen) atoms. The summed E-state index contributed by atoms with van der Waals surface area (Å²) in [6, 6.07) is 24.5. The highest BCUT2D eigenvalue weighted by atomic mass is 16.5. The van der Waals surface area contributed by atoms with Crippen LogP contribution in [0.5, 0.6) is 11.5 Å². The normalized spacial score (nSPS) is 13.5. The minimum atomic E-state index is -0.723. The van der Waals surface area contributed by atoms with Crippen molar-refractivity contribution in [2.75, 3.05) is 24.9 Å². The lowest BCUT2D eigenvalue weighted by molar-refractivity contribution is -0.113. The summed E-state index contributed by atoms with van der Waals surface area (Å²) < 4.78 is 21.7. The van der Waals surface area contributed by atoms with Crippen molar-refractivity contribution in [3.63, 3.8) is 0 Å². The van der Waals surface area contributed by atoms with Gasteiger partial charge < -0.3 is 34.5 Å². The van der Waals surface area contributed by atoms with Gasteiger partial charge in [0.2, 0.25) is 0 Å². The van der Waals surface area contributed by atoms with Crippen LogP contribution >= 0.6 is 0 Å². The van der Waals surface area contributed by atoms with Crippen LogP contribution in [0.15, 0.2) is 110 Å². The van der Waals surface area contributed by atoms with E-state index >= 15 is 0 Å². The molecule has 1 aliphatic rings. The van der Waals surface area contributed by atoms with Gasteiger partial charge in [-0.1, -0.05) is 77.1 Å². The smallest absolute Gasteiger partial charge is 0.254 e. The van der Waals surface area contributed by atoms with Crippen molar-refractivity contribution >= 4 is 47.5 Å². The number of methoxy groups -OCH3 is 2. The van der Waals surface area contributed by atoms with Gasteiger partial charge in [-0.2, -0.15) is 0 Å². The van der Waals surface area contributed by atoms with Gasteiger partial charge in [0.15, 0.2) is 11.5 Å². The number of benzene rings is 3. The highest BCUT2D eigenvalue weighted by Gasteiger charge is 2.37. The Kier molecular flexibility index (Phi) is 10.5. The van der Waals surface area contributed by atoms with Crippen molar-refractivity contribution in [1.29, 1.82) is 0 Å². The van der Waals surface area contributed by atoms with E-state index in [1.807, 2.05) is 105 Å². The molecule has 3 aromatic carbocycles. The molecule has 6 rings (SSSR count). The van der Waals surface area contributed by atoms with Gasteiger partial charge >= 0.3 is 0 Å². The number of carbonyl (C=O) groups excluding carboxylic acids is 2. The van der Waals surface area contributed by atoms with Crippen LogP contribution in [-0.2, 0) is 9.59 Å². The molecule has 0 bridgehead atoms. The van der Waals surface area contributed by atoms with Crippen LogP contribution in [0.4, 0.5) is 11.4 Å². The molecule has 0 saturated heterocycles. The fourth-order valence-electron chi connectivity index (χ4n) is 6.02. The average Bonchev–Trinajstić information content (AvgIpc) is 3.69. The van der Waals surface area contributed by atoms with E-state index in [2.05, 4.69) is 26.3 Å². The summed E-state index contributed by atoms with van der Waals surface area (Å²) >= 11 is 0. The molecule has 0 radical (unpaired) electrons. The number of dihydropyridines is 1. The number of hydrogen-bond acceptors (Lipinski definition) is 9. The largest absolute Gasteiger partial charge is 0.497 e. The molecule has 11 heteroatoms. The second-order valence-electron chi connectivity index (χ2n) is 12.2. The van der Waals surface area contributed by atoms with Crippen LogP contribution in [0.2, 0.25) is 0 Å². The van der Waals surface area contributed by atoms with Gasteiger partial charge in [0.1, 0.15) is 34.3 Å². The lowest BCUT2D eigenvalue weighted by atomic mass is 9.79. The Morgan fingerprint density at radius 2 is 1.06 bits per heavy atom. The summed E-state index contributed by atoms with van der Waals surface area (Å²) in [6.45, 7) is 7.15. The quantitative estimate of drug-likeness (QED) is 0.125. The van der Waals surface area contributed by atoms with Crippen LogP contribution in [-0.4, -0.2) is 36.3 Å². The summed E-state index contributed by atoms with van der Waals surface area (Å²) in [4.78, 5) is 28.7. The molecule has 0 aliphatic carbocycles. The van der Waals surface area contributed by atoms with Gasteiger partial charge in [0.25, 0.3) is 11.8 Å². The highest BCUT2D eigenvalue weighted by Crippen LogP contribution is 2.40. The Morgan fingerprint density at radius 1 is 0.635 bits per heavy atom. The Labute approximate surface area is 301 Å². The second-order valence-corrected chi connectivity index (χ2v) is 12.2. The number of ether oxygens (including phenoxy) is 2. The third kappa shape index (κ3) is 7.58. The molecule has 0 atom stereocenters. The van der Waals surface area contributed by atoms with E-state index < -0.39 is 17.7 Å². The Morgan fingerprint density at radius 3 is 1.46 bits per heavy atom. The second kappa shape index (κ2) is 15.5.